The predicted octanol–water partition coefficient (Wildman–Crippen LogP) is 4.75. The Morgan fingerprint density at radius 1 is 1.29 bits per heavy atom. The van der Waals surface area contributed by atoms with Crippen molar-refractivity contribution in [3.63, 3.8) is 0 Å². The second-order valence-electron chi connectivity index (χ2n) is 4.88. The molecule has 24 heavy (non-hydrogen) atoms. The molecular weight excluding hydrogens is 370 g/mol. The first kappa shape index (κ1) is 18.6. The van der Waals surface area contributed by atoms with E-state index >= 15 is 0 Å². The van der Waals surface area contributed by atoms with Crippen LogP contribution in [0.2, 0.25) is 10.0 Å². The van der Waals surface area contributed by atoms with Gasteiger partial charge in [-0.15, -0.1) is 11.8 Å². The number of nitrogens with one attached hydrogen (secondary N) is 1. The van der Waals surface area contributed by atoms with E-state index in [-0.39, 0.29) is 17.2 Å². The number of hydrogen-bond acceptors (Lipinski definition) is 3. The first-order chi connectivity index (χ1) is 11.5. The second-order valence-corrected chi connectivity index (χ2v) is 6.71. The van der Waals surface area contributed by atoms with Gasteiger partial charge in [0.2, 0.25) is 5.91 Å². The summed E-state index contributed by atoms with van der Waals surface area (Å²) in [5.41, 5.74) is 1.02. The maximum atomic E-state index is 13.7. The number of hydrogen-bond donors (Lipinski definition) is 1. The third-order valence-electron chi connectivity index (χ3n) is 3.16. The first-order valence-electron chi connectivity index (χ1n) is 6.96. The van der Waals surface area contributed by atoms with Gasteiger partial charge < -0.3 is 5.32 Å². The molecule has 0 aliphatic heterocycles. The van der Waals surface area contributed by atoms with E-state index in [1.807, 2.05) is 6.07 Å². The molecule has 3 nitrogen and oxygen atoms in total. The Bertz CT molecular complexity index is 779. The normalized spacial score (nSPS) is 11.6. The minimum absolute atomic E-state index is 0.131. The molecule has 0 heterocycles. The Labute approximate surface area is 153 Å². The molecule has 0 aromatic heterocycles. The van der Waals surface area contributed by atoms with Gasteiger partial charge >= 0.3 is 0 Å². The first-order valence-corrected chi connectivity index (χ1v) is 8.87. The molecule has 2 rings (SSSR count). The molecule has 124 valence electrons. The van der Waals surface area contributed by atoms with Crippen molar-refractivity contribution in [3.05, 3.63) is 69.5 Å². The average molecular weight is 383 g/mol. The monoisotopic (exact) mass is 382 g/mol. The fourth-order valence-corrected chi connectivity index (χ4v) is 3.38. The molecule has 0 saturated carbocycles. The summed E-state index contributed by atoms with van der Waals surface area (Å²) in [6.07, 6.45) is 0. The van der Waals surface area contributed by atoms with Gasteiger partial charge in [0.15, 0.2) is 0 Å². The van der Waals surface area contributed by atoms with Crippen LogP contribution >= 0.6 is 35.0 Å². The van der Waals surface area contributed by atoms with Crippen molar-refractivity contribution in [1.29, 1.82) is 5.26 Å². The summed E-state index contributed by atoms with van der Waals surface area (Å²) in [6.45, 7) is 0. The smallest absolute Gasteiger partial charge is 0.231 e. The topological polar surface area (TPSA) is 52.9 Å². The molecule has 2 aromatic carbocycles. The summed E-state index contributed by atoms with van der Waals surface area (Å²) in [7, 11) is 0. The van der Waals surface area contributed by atoms with Crippen molar-refractivity contribution in [3.8, 4) is 6.07 Å². The van der Waals surface area contributed by atoms with E-state index in [4.69, 9.17) is 28.5 Å². The Hall–Kier alpha value is -1.74. The number of rotatable bonds is 6. The zero-order valence-corrected chi connectivity index (χ0v) is 14.8. The summed E-state index contributed by atoms with van der Waals surface area (Å²) in [4.78, 5) is 12.0. The SMILES string of the molecule is N#CC(NC(=O)CSCc1ccc(Cl)cc1Cl)c1ccccc1F. The highest BCUT2D eigenvalue weighted by molar-refractivity contribution is 7.99. The van der Waals surface area contributed by atoms with Crippen molar-refractivity contribution < 1.29 is 9.18 Å². The molecule has 0 saturated heterocycles. The van der Waals surface area contributed by atoms with E-state index in [1.165, 1.54) is 30.0 Å². The molecule has 1 unspecified atom stereocenters. The highest BCUT2D eigenvalue weighted by Crippen LogP contribution is 2.24. The van der Waals surface area contributed by atoms with Crippen LogP contribution in [-0.2, 0) is 10.5 Å². The van der Waals surface area contributed by atoms with Gasteiger partial charge in [-0.2, -0.15) is 5.26 Å². The van der Waals surface area contributed by atoms with Crippen LogP contribution in [0.25, 0.3) is 0 Å². The van der Waals surface area contributed by atoms with Crippen LogP contribution in [0.15, 0.2) is 42.5 Å². The van der Waals surface area contributed by atoms with Crippen molar-refractivity contribution in [2.75, 3.05) is 5.75 Å². The number of carbonyl (C=O) groups excluding carboxylic acids is 1. The van der Waals surface area contributed by atoms with Crippen LogP contribution < -0.4 is 5.32 Å². The Kier molecular flexibility index (Phi) is 6.92. The number of thioether (sulfide) groups is 1. The van der Waals surface area contributed by atoms with Crippen LogP contribution in [0.5, 0.6) is 0 Å². The lowest BCUT2D eigenvalue weighted by Crippen LogP contribution is -2.29. The number of nitriles is 1. The largest absolute Gasteiger partial charge is 0.336 e. The lowest BCUT2D eigenvalue weighted by Gasteiger charge is -2.12. The third kappa shape index (κ3) is 5.13. The quantitative estimate of drug-likeness (QED) is 0.784. The minimum Gasteiger partial charge on any atom is -0.336 e. The molecule has 0 bridgehead atoms. The Balaban J connectivity index is 1.88. The van der Waals surface area contributed by atoms with E-state index in [0.29, 0.717) is 15.8 Å². The molecule has 1 atom stereocenters. The standard InChI is InChI=1S/C17H13Cl2FN2OS/c18-12-6-5-11(14(19)7-12)9-24-10-17(23)22-16(8-21)13-3-1-2-4-15(13)20/h1-7,16H,9-10H2,(H,22,23). The number of carbonyl (C=O) groups is 1. The van der Waals surface area contributed by atoms with Crippen LogP contribution in [0.1, 0.15) is 17.2 Å². The lowest BCUT2D eigenvalue weighted by molar-refractivity contribution is -0.118. The highest BCUT2D eigenvalue weighted by atomic mass is 35.5. The molecule has 0 aliphatic rings. The molecule has 2 aromatic rings. The molecule has 7 heteroatoms. The van der Waals surface area contributed by atoms with Gasteiger partial charge in [-0.1, -0.05) is 47.5 Å². The van der Waals surface area contributed by atoms with E-state index in [1.54, 1.807) is 24.3 Å². The van der Waals surface area contributed by atoms with Gasteiger partial charge in [0.1, 0.15) is 11.9 Å². The predicted molar refractivity (Wildman–Crippen MR) is 95.5 cm³/mol. The lowest BCUT2D eigenvalue weighted by atomic mass is 10.1. The number of nitrogens with zero attached hydrogens (tertiary/aromatic N) is 1. The zero-order valence-electron chi connectivity index (χ0n) is 12.4. The number of halogens is 3. The average Bonchev–Trinajstić information content (AvgIpc) is 2.55. The summed E-state index contributed by atoms with van der Waals surface area (Å²) in [5, 5.41) is 12.8. The summed E-state index contributed by atoms with van der Waals surface area (Å²) >= 11 is 13.2. The molecule has 0 fully saturated rings. The molecular formula is C17H13Cl2FN2OS. The van der Waals surface area contributed by atoms with Crippen LogP contribution in [-0.4, -0.2) is 11.7 Å². The fourth-order valence-electron chi connectivity index (χ4n) is 1.98. The van der Waals surface area contributed by atoms with Gasteiger partial charge in [0.05, 0.1) is 11.8 Å². The zero-order chi connectivity index (χ0) is 17.5. The van der Waals surface area contributed by atoms with E-state index in [2.05, 4.69) is 5.32 Å². The summed E-state index contributed by atoms with van der Waals surface area (Å²) < 4.78 is 13.7. The van der Waals surface area contributed by atoms with Crippen LogP contribution in [0, 0.1) is 17.1 Å². The van der Waals surface area contributed by atoms with Gasteiger partial charge in [-0.3, -0.25) is 4.79 Å². The highest BCUT2D eigenvalue weighted by Gasteiger charge is 2.17. The Morgan fingerprint density at radius 2 is 2.04 bits per heavy atom. The van der Waals surface area contributed by atoms with Crippen LogP contribution in [0.4, 0.5) is 4.39 Å². The molecule has 0 radical (unpaired) electrons. The number of amides is 1. The number of benzene rings is 2. The van der Waals surface area contributed by atoms with E-state index < -0.39 is 11.9 Å². The van der Waals surface area contributed by atoms with Crippen molar-refractivity contribution in [1.82, 2.24) is 5.32 Å². The summed E-state index contributed by atoms with van der Waals surface area (Å²) in [6, 6.07) is 11.9. The van der Waals surface area contributed by atoms with E-state index in [9.17, 15) is 9.18 Å². The van der Waals surface area contributed by atoms with Crippen LogP contribution in [0.3, 0.4) is 0 Å². The van der Waals surface area contributed by atoms with Gasteiger partial charge in [0, 0.05) is 21.4 Å². The summed E-state index contributed by atoms with van der Waals surface area (Å²) in [5.74, 6) is -0.212. The second kappa shape index (κ2) is 8.93. The Morgan fingerprint density at radius 3 is 2.71 bits per heavy atom. The van der Waals surface area contributed by atoms with Crippen molar-refractivity contribution in [2.45, 2.75) is 11.8 Å². The maximum absolute atomic E-state index is 13.7. The van der Waals surface area contributed by atoms with Crippen molar-refractivity contribution in [2.24, 2.45) is 0 Å². The third-order valence-corrected chi connectivity index (χ3v) is 4.72. The molecule has 1 N–H and O–H groups in total. The maximum Gasteiger partial charge on any atom is 0.231 e. The molecule has 0 spiro atoms. The van der Waals surface area contributed by atoms with Crippen molar-refractivity contribution >= 4 is 40.9 Å². The molecule has 1 amide bonds. The minimum atomic E-state index is -1.02. The van der Waals surface area contributed by atoms with Gasteiger partial charge in [-0.05, 0) is 23.8 Å². The van der Waals surface area contributed by atoms with Gasteiger partial charge in [0.25, 0.3) is 0 Å². The van der Waals surface area contributed by atoms with E-state index in [0.717, 1.165) is 5.56 Å². The van der Waals surface area contributed by atoms with Gasteiger partial charge in [-0.25, -0.2) is 4.39 Å². The molecule has 0 aliphatic carbocycles. The fraction of sp³-hybridized carbons (Fsp3) is 0.176.